The van der Waals surface area contributed by atoms with Gasteiger partial charge in [-0.05, 0) is 24.3 Å². The van der Waals surface area contributed by atoms with Gasteiger partial charge in [-0.2, -0.15) is 0 Å². The summed E-state index contributed by atoms with van der Waals surface area (Å²) in [4.78, 5) is 35.6. The van der Waals surface area contributed by atoms with E-state index in [9.17, 15) is 18.2 Å². The van der Waals surface area contributed by atoms with Crippen molar-refractivity contribution < 1.29 is 18.2 Å². The van der Waals surface area contributed by atoms with Crippen molar-refractivity contribution in [3.8, 4) is 17.1 Å². The molecule has 1 fully saturated rings. The van der Waals surface area contributed by atoms with Gasteiger partial charge in [0.2, 0.25) is 11.9 Å². The third-order valence-electron chi connectivity index (χ3n) is 6.15. The molecule has 11 heteroatoms. The lowest BCUT2D eigenvalue weighted by Crippen LogP contribution is -2.46. The molecule has 36 heavy (non-hydrogen) atoms. The summed E-state index contributed by atoms with van der Waals surface area (Å²) in [6.45, 7) is 2.75. The molecule has 1 aliphatic rings. The van der Waals surface area contributed by atoms with E-state index in [1.807, 2.05) is 0 Å². The highest BCUT2D eigenvalue weighted by Gasteiger charge is 2.21. The van der Waals surface area contributed by atoms with Crippen LogP contribution in [-0.2, 0) is 10.8 Å². The SMILES string of the molecule is CS(=O)c1cn(-c2ncc(-c3ccc(C(N)=O)cc3F)cn2)c2cc(C(=O)N3CCNCC3)ccc12. The predicted octanol–water partition coefficient (Wildman–Crippen LogP) is 2.11. The minimum Gasteiger partial charge on any atom is -0.366 e. The fraction of sp³-hybridized carbons (Fsp3) is 0.200. The molecule has 2 aromatic carbocycles. The Bertz CT molecular complexity index is 1510. The summed E-state index contributed by atoms with van der Waals surface area (Å²) in [5.41, 5.74) is 7.09. The van der Waals surface area contributed by atoms with Crippen molar-refractivity contribution in [1.82, 2.24) is 24.8 Å². The minimum atomic E-state index is -1.29. The average molecular weight is 507 g/mol. The monoisotopic (exact) mass is 506 g/mol. The Morgan fingerprint density at radius 3 is 2.39 bits per heavy atom. The molecule has 5 rings (SSSR count). The van der Waals surface area contributed by atoms with Gasteiger partial charge in [0.05, 0.1) is 21.2 Å². The Balaban J connectivity index is 1.54. The number of halogens is 1. The standard InChI is InChI=1S/C25H23FN6O3S/c1-36(35)22-14-32(21-11-16(3-5-19(21)22)24(34)31-8-6-28-7-9-31)25-29-12-17(13-30-25)18-4-2-15(23(27)33)10-20(18)26/h2-5,10-14,28H,6-9H2,1H3,(H2,27,33). The predicted molar refractivity (Wildman–Crippen MR) is 134 cm³/mol. The number of aromatic nitrogens is 3. The maximum Gasteiger partial charge on any atom is 0.254 e. The Morgan fingerprint density at radius 1 is 1.06 bits per heavy atom. The van der Waals surface area contributed by atoms with E-state index in [1.54, 1.807) is 40.1 Å². The molecule has 2 aromatic heterocycles. The second-order valence-electron chi connectivity index (χ2n) is 8.42. The van der Waals surface area contributed by atoms with Crippen molar-refractivity contribution in [3.63, 3.8) is 0 Å². The summed E-state index contributed by atoms with van der Waals surface area (Å²) in [5, 5.41) is 3.96. The lowest BCUT2D eigenvalue weighted by Gasteiger charge is -2.27. The Labute approximate surface area is 208 Å². The minimum absolute atomic E-state index is 0.0684. The van der Waals surface area contributed by atoms with Crippen LogP contribution in [0.3, 0.4) is 0 Å². The van der Waals surface area contributed by atoms with Gasteiger partial charge in [0.25, 0.3) is 5.91 Å². The van der Waals surface area contributed by atoms with Crippen molar-refractivity contribution in [2.24, 2.45) is 5.73 Å². The molecule has 1 atom stereocenters. The van der Waals surface area contributed by atoms with Crippen LogP contribution in [0.1, 0.15) is 20.7 Å². The van der Waals surface area contributed by atoms with Crippen LogP contribution < -0.4 is 11.1 Å². The number of piperazine rings is 1. The molecule has 0 aliphatic carbocycles. The third kappa shape index (κ3) is 4.38. The number of nitrogens with one attached hydrogen (secondary N) is 1. The maximum absolute atomic E-state index is 14.6. The van der Waals surface area contributed by atoms with E-state index < -0.39 is 22.5 Å². The van der Waals surface area contributed by atoms with Gasteiger partial charge < -0.3 is 16.0 Å². The molecule has 3 N–H and O–H groups in total. The first-order valence-electron chi connectivity index (χ1n) is 11.2. The van der Waals surface area contributed by atoms with E-state index >= 15 is 0 Å². The van der Waals surface area contributed by atoms with Crippen LogP contribution in [0.25, 0.3) is 28.0 Å². The molecule has 0 saturated carbocycles. The second kappa shape index (κ2) is 9.59. The van der Waals surface area contributed by atoms with Gasteiger partial charge in [-0.1, -0.05) is 12.1 Å². The maximum atomic E-state index is 14.6. The van der Waals surface area contributed by atoms with Crippen LogP contribution in [0.15, 0.2) is 59.9 Å². The van der Waals surface area contributed by atoms with Crippen molar-refractivity contribution in [3.05, 3.63) is 71.9 Å². The molecule has 0 bridgehead atoms. The Kier molecular flexibility index (Phi) is 6.33. The number of primary amides is 1. The molecule has 1 unspecified atom stereocenters. The van der Waals surface area contributed by atoms with Gasteiger partial charge in [0.15, 0.2) is 0 Å². The lowest BCUT2D eigenvalue weighted by molar-refractivity contribution is 0.0735. The van der Waals surface area contributed by atoms with Crippen LogP contribution in [0.2, 0.25) is 0 Å². The summed E-state index contributed by atoms with van der Waals surface area (Å²) in [6, 6.07) is 9.26. The zero-order valence-electron chi connectivity index (χ0n) is 19.4. The Hall–Kier alpha value is -3.96. The fourth-order valence-electron chi connectivity index (χ4n) is 4.26. The van der Waals surface area contributed by atoms with E-state index in [1.165, 1.54) is 24.5 Å². The van der Waals surface area contributed by atoms with E-state index in [4.69, 9.17) is 5.73 Å². The Morgan fingerprint density at radius 2 is 1.75 bits per heavy atom. The van der Waals surface area contributed by atoms with E-state index in [0.29, 0.717) is 34.6 Å². The smallest absolute Gasteiger partial charge is 0.254 e. The van der Waals surface area contributed by atoms with Crippen molar-refractivity contribution in [1.29, 1.82) is 0 Å². The molecule has 0 spiro atoms. The zero-order chi connectivity index (χ0) is 25.4. The highest BCUT2D eigenvalue weighted by Crippen LogP contribution is 2.28. The summed E-state index contributed by atoms with van der Waals surface area (Å²) in [5.74, 6) is -1.13. The number of nitrogens with two attached hydrogens (primary N) is 1. The highest BCUT2D eigenvalue weighted by atomic mass is 32.2. The summed E-state index contributed by atoms with van der Waals surface area (Å²) in [6.07, 6.45) is 6.21. The fourth-order valence-corrected chi connectivity index (χ4v) is 5.00. The largest absolute Gasteiger partial charge is 0.366 e. The van der Waals surface area contributed by atoms with Gasteiger partial charge in [0, 0.05) is 78.7 Å². The molecule has 2 amide bonds. The van der Waals surface area contributed by atoms with E-state index in [0.717, 1.165) is 24.5 Å². The second-order valence-corrected chi connectivity index (χ2v) is 9.77. The first-order chi connectivity index (χ1) is 17.3. The molecule has 1 saturated heterocycles. The number of carbonyl (C=O) groups excluding carboxylic acids is 2. The van der Waals surface area contributed by atoms with Crippen molar-refractivity contribution >= 4 is 33.5 Å². The number of fused-ring (bicyclic) bond motifs is 1. The summed E-state index contributed by atoms with van der Waals surface area (Å²) < 4.78 is 28.7. The topological polar surface area (TPSA) is 123 Å². The van der Waals surface area contributed by atoms with Gasteiger partial charge in [0.1, 0.15) is 5.82 Å². The van der Waals surface area contributed by atoms with Crippen LogP contribution in [0, 0.1) is 5.82 Å². The third-order valence-corrected chi connectivity index (χ3v) is 7.09. The quantitative estimate of drug-likeness (QED) is 0.427. The van der Waals surface area contributed by atoms with Gasteiger partial charge in [-0.15, -0.1) is 0 Å². The highest BCUT2D eigenvalue weighted by molar-refractivity contribution is 7.84. The van der Waals surface area contributed by atoms with E-state index in [2.05, 4.69) is 15.3 Å². The first-order valence-corrected chi connectivity index (χ1v) is 12.8. The number of benzene rings is 2. The molecule has 0 radical (unpaired) electrons. The summed E-state index contributed by atoms with van der Waals surface area (Å²) >= 11 is 0. The van der Waals surface area contributed by atoms with Crippen LogP contribution >= 0.6 is 0 Å². The van der Waals surface area contributed by atoms with E-state index in [-0.39, 0.29) is 23.0 Å². The van der Waals surface area contributed by atoms with Crippen molar-refractivity contribution in [2.75, 3.05) is 32.4 Å². The molecule has 184 valence electrons. The van der Waals surface area contributed by atoms with Crippen LogP contribution in [0.5, 0.6) is 0 Å². The first kappa shape index (κ1) is 23.8. The number of hydrogen-bond donors (Lipinski definition) is 2. The van der Waals surface area contributed by atoms with Gasteiger partial charge in [-0.3, -0.25) is 18.4 Å². The number of rotatable bonds is 5. The van der Waals surface area contributed by atoms with Crippen LogP contribution in [0.4, 0.5) is 4.39 Å². The number of nitrogens with zero attached hydrogens (tertiary/aromatic N) is 4. The molecule has 4 aromatic rings. The zero-order valence-corrected chi connectivity index (χ0v) is 20.2. The lowest BCUT2D eigenvalue weighted by atomic mass is 10.1. The van der Waals surface area contributed by atoms with Crippen molar-refractivity contribution in [2.45, 2.75) is 4.90 Å². The molecular formula is C25H23FN6O3S. The molecule has 1 aliphatic heterocycles. The molecular weight excluding hydrogens is 483 g/mol. The van der Waals surface area contributed by atoms with Gasteiger partial charge in [-0.25, -0.2) is 14.4 Å². The average Bonchev–Trinajstić information content (AvgIpc) is 3.28. The number of carbonyl (C=O) groups is 2. The summed E-state index contributed by atoms with van der Waals surface area (Å²) in [7, 11) is -1.29. The molecule has 9 nitrogen and oxygen atoms in total. The van der Waals surface area contributed by atoms with Crippen LogP contribution in [-0.4, -0.2) is 67.9 Å². The molecule has 3 heterocycles. The number of amides is 2. The number of hydrogen-bond acceptors (Lipinski definition) is 6. The van der Waals surface area contributed by atoms with Gasteiger partial charge >= 0.3 is 0 Å². The normalized spacial score (nSPS) is 14.7.